The third-order valence-corrected chi connectivity index (χ3v) is 3.08. The van der Waals surface area contributed by atoms with Gasteiger partial charge < -0.3 is 5.32 Å². The molecule has 5 heteroatoms. The van der Waals surface area contributed by atoms with E-state index in [0.29, 0.717) is 0 Å². The second kappa shape index (κ2) is 5.34. The Hall–Kier alpha value is -2.63. The van der Waals surface area contributed by atoms with Gasteiger partial charge in [0.15, 0.2) is 11.4 Å². The van der Waals surface area contributed by atoms with E-state index in [0.717, 1.165) is 11.3 Å². The summed E-state index contributed by atoms with van der Waals surface area (Å²) in [4.78, 5) is 3.92. The van der Waals surface area contributed by atoms with Gasteiger partial charge in [-0.15, -0.1) is 0 Å². The number of hydrogen-bond donors (Lipinski definition) is 1. The molecule has 0 bridgehead atoms. The molecule has 0 spiro atoms. The average Bonchev–Trinajstić information content (AvgIpc) is 2.89. The highest BCUT2D eigenvalue weighted by Crippen LogP contribution is 2.17. The van der Waals surface area contributed by atoms with E-state index < -0.39 is 0 Å². The van der Waals surface area contributed by atoms with Crippen LogP contribution in [0.2, 0.25) is 0 Å². The number of benzene rings is 1. The van der Waals surface area contributed by atoms with Crippen molar-refractivity contribution in [2.75, 3.05) is 7.05 Å². The molecule has 2 aromatic rings. The van der Waals surface area contributed by atoms with E-state index in [2.05, 4.69) is 17.2 Å². The first-order valence-electron chi connectivity index (χ1n) is 5.86. The molecule has 1 atom stereocenters. The fourth-order valence-electron chi connectivity index (χ4n) is 1.82. The second-order valence-electron chi connectivity index (χ2n) is 4.14. The van der Waals surface area contributed by atoms with E-state index in [1.807, 2.05) is 43.5 Å². The van der Waals surface area contributed by atoms with Crippen molar-refractivity contribution in [1.29, 1.82) is 10.5 Å². The first-order chi connectivity index (χ1) is 9.21. The lowest BCUT2D eigenvalue weighted by molar-refractivity contribution is 0.652. The quantitative estimate of drug-likeness (QED) is 0.903. The maximum Gasteiger partial charge on any atom is 0.177 e. The normalized spacial score (nSPS) is 11.6. The van der Waals surface area contributed by atoms with Crippen molar-refractivity contribution in [2.45, 2.75) is 13.0 Å². The van der Waals surface area contributed by atoms with Gasteiger partial charge in [-0.1, -0.05) is 12.1 Å². The SMILES string of the molecule is CNC(C)c1ccc(-n2cnc(C#N)c2C#N)cc1. The van der Waals surface area contributed by atoms with E-state index in [1.54, 1.807) is 4.57 Å². The molecule has 0 aliphatic heterocycles. The summed E-state index contributed by atoms with van der Waals surface area (Å²) < 4.78 is 1.62. The van der Waals surface area contributed by atoms with E-state index in [-0.39, 0.29) is 17.4 Å². The van der Waals surface area contributed by atoms with Crippen molar-refractivity contribution in [1.82, 2.24) is 14.9 Å². The topological polar surface area (TPSA) is 77.4 Å². The van der Waals surface area contributed by atoms with Crippen molar-refractivity contribution < 1.29 is 0 Å². The first kappa shape index (κ1) is 12.8. The van der Waals surface area contributed by atoms with Gasteiger partial charge in [0.2, 0.25) is 0 Å². The maximum absolute atomic E-state index is 9.09. The highest BCUT2D eigenvalue weighted by molar-refractivity contribution is 5.45. The zero-order chi connectivity index (χ0) is 13.8. The van der Waals surface area contributed by atoms with Crippen LogP contribution in [0.1, 0.15) is 29.9 Å². The third kappa shape index (κ3) is 2.33. The number of aromatic nitrogens is 2. The third-order valence-electron chi connectivity index (χ3n) is 3.08. The molecular weight excluding hydrogens is 238 g/mol. The predicted octanol–water partition coefficient (Wildman–Crippen LogP) is 1.90. The minimum atomic E-state index is 0.148. The van der Waals surface area contributed by atoms with Crippen molar-refractivity contribution >= 4 is 0 Å². The zero-order valence-corrected chi connectivity index (χ0v) is 10.8. The molecule has 0 fully saturated rings. The van der Waals surface area contributed by atoms with Crippen LogP contribution in [0.15, 0.2) is 30.6 Å². The molecule has 0 saturated carbocycles. The predicted molar refractivity (Wildman–Crippen MR) is 70.5 cm³/mol. The van der Waals surface area contributed by atoms with Crippen LogP contribution in [0.5, 0.6) is 0 Å². The fraction of sp³-hybridized carbons (Fsp3) is 0.214. The summed E-state index contributed by atoms with van der Waals surface area (Å²) in [5.74, 6) is 0. The highest BCUT2D eigenvalue weighted by atomic mass is 15.1. The van der Waals surface area contributed by atoms with E-state index in [9.17, 15) is 0 Å². The van der Waals surface area contributed by atoms with Gasteiger partial charge in [-0.3, -0.25) is 4.57 Å². The molecular formula is C14H13N5. The molecule has 1 heterocycles. The van der Waals surface area contributed by atoms with Crippen molar-refractivity contribution in [3.8, 4) is 17.8 Å². The van der Waals surface area contributed by atoms with Crippen molar-refractivity contribution in [3.05, 3.63) is 47.5 Å². The summed E-state index contributed by atoms with van der Waals surface area (Å²) in [5.41, 5.74) is 2.38. The molecule has 0 aliphatic rings. The van der Waals surface area contributed by atoms with Gasteiger partial charge in [-0.05, 0) is 31.7 Å². The summed E-state index contributed by atoms with van der Waals surface area (Å²) in [6, 6.07) is 12.0. The lowest BCUT2D eigenvalue weighted by atomic mass is 10.1. The molecule has 1 aromatic carbocycles. The molecule has 1 aromatic heterocycles. The second-order valence-corrected chi connectivity index (χ2v) is 4.14. The molecule has 0 aliphatic carbocycles. The van der Waals surface area contributed by atoms with Crippen molar-refractivity contribution in [2.24, 2.45) is 0 Å². The smallest absolute Gasteiger partial charge is 0.177 e. The number of nitrogens with zero attached hydrogens (tertiary/aromatic N) is 4. The largest absolute Gasteiger partial charge is 0.313 e. The van der Waals surface area contributed by atoms with Gasteiger partial charge in [-0.2, -0.15) is 10.5 Å². The molecule has 1 unspecified atom stereocenters. The minimum Gasteiger partial charge on any atom is -0.313 e. The first-order valence-corrected chi connectivity index (χ1v) is 5.86. The monoisotopic (exact) mass is 251 g/mol. The van der Waals surface area contributed by atoms with Crippen LogP contribution in [0, 0.1) is 22.7 Å². The van der Waals surface area contributed by atoms with E-state index in [4.69, 9.17) is 10.5 Å². The van der Waals surface area contributed by atoms with Crippen LogP contribution >= 0.6 is 0 Å². The Morgan fingerprint density at radius 3 is 2.42 bits per heavy atom. The lowest BCUT2D eigenvalue weighted by Gasteiger charge is -2.11. The van der Waals surface area contributed by atoms with Gasteiger partial charge in [0.05, 0.1) is 0 Å². The number of nitriles is 2. The van der Waals surface area contributed by atoms with Crippen LogP contribution in [0.3, 0.4) is 0 Å². The Kier molecular flexibility index (Phi) is 3.61. The number of hydrogen-bond acceptors (Lipinski definition) is 4. The Morgan fingerprint density at radius 1 is 1.21 bits per heavy atom. The average molecular weight is 251 g/mol. The summed E-state index contributed by atoms with van der Waals surface area (Å²) in [6.45, 7) is 2.07. The van der Waals surface area contributed by atoms with Crippen LogP contribution in [0.25, 0.3) is 5.69 Å². The minimum absolute atomic E-state index is 0.148. The summed E-state index contributed by atoms with van der Waals surface area (Å²) in [7, 11) is 1.90. The van der Waals surface area contributed by atoms with Crippen LogP contribution in [0.4, 0.5) is 0 Å². The maximum atomic E-state index is 9.09. The molecule has 19 heavy (non-hydrogen) atoms. The zero-order valence-electron chi connectivity index (χ0n) is 10.8. The Balaban J connectivity index is 2.42. The summed E-state index contributed by atoms with van der Waals surface area (Å²) in [6.07, 6.45) is 1.49. The summed E-state index contributed by atoms with van der Waals surface area (Å²) >= 11 is 0. The van der Waals surface area contributed by atoms with Crippen LogP contribution in [-0.2, 0) is 0 Å². The Morgan fingerprint density at radius 2 is 1.89 bits per heavy atom. The molecule has 1 N–H and O–H groups in total. The summed E-state index contributed by atoms with van der Waals surface area (Å²) in [5, 5.41) is 21.1. The van der Waals surface area contributed by atoms with Crippen molar-refractivity contribution in [3.63, 3.8) is 0 Å². The van der Waals surface area contributed by atoms with Gasteiger partial charge in [0, 0.05) is 11.7 Å². The molecule has 2 rings (SSSR count). The Labute approximate surface area is 111 Å². The van der Waals surface area contributed by atoms with Gasteiger partial charge >= 0.3 is 0 Å². The van der Waals surface area contributed by atoms with E-state index >= 15 is 0 Å². The number of rotatable bonds is 3. The number of nitrogens with one attached hydrogen (secondary N) is 1. The highest BCUT2D eigenvalue weighted by Gasteiger charge is 2.11. The van der Waals surface area contributed by atoms with Gasteiger partial charge in [0.1, 0.15) is 18.5 Å². The number of imidazole rings is 1. The van der Waals surface area contributed by atoms with E-state index in [1.165, 1.54) is 6.33 Å². The lowest BCUT2D eigenvalue weighted by Crippen LogP contribution is -2.12. The molecule has 0 radical (unpaired) electrons. The Bertz CT molecular complexity index is 655. The standard InChI is InChI=1S/C14H13N5/c1-10(17-2)11-3-5-12(6-4-11)19-9-18-13(7-15)14(19)8-16/h3-6,9-10,17H,1-2H3. The van der Waals surface area contributed by atoms with Crippen LogP contribution < -0.4 is 5.32 Å². The van der Waals surface area contributed by atoms with Crippen LogP contribution in [-0.4, -0.2) is 16.6 Å². The molecule has 5 nitrogen and oxygen atoms in total. The van der Waals surface area contributed by atoms with Gasteiger partial charge in [0.25, 0.3) is 0 Å². The molecule has 94 valence electrons. The molecule has 0 amide bonds. The van der Waals surface area contributed by atoms with Gasteiger partial charge in [-0.25, -0.2) is 4.98 Å². The molecule has 0 saturated heterocycles. The fourth-order valence-corrected chi connectivity index (χ4v) is 1.82.